The van der Waals surface area contributed by atoms with Crippen LogP contribution in [0.3, 0.4) is 0 Å². The number of fused-ring (bicyclic) bond motifs is 1. The minimum Gasteiger partial charge on any atom is -0.361 e. The van der Waals surface area contributed by atoms with Crippen LogP contribution in [0.25, 0.3) is 22.2 Å². The Labute approximate surface area is 145 Å². The third kappa shape index (κ3) is 3.43. The highest BCUT2D eigenvalue weighted by Crippen LogP contribution is 2.18. The van der Waals surface area contributed by atoms with Gasteiger partial charge in [-0.15, -0.1) is 0 Å². The van der Waals surface area contributed by atoms with Crippen molar-refractivity contribution in [2.24, 2.45) is 0 Å². The quantitative estimate of drug-likeness (QED) is 0.583. The van der Waals surface area contributed by atoms with Gasteiger partial charge >= 0.3 is 0 Å². The molecule has 2 N–H and O–H groups in total. The van der Waals surface area contributed by atoms with Crippen molar-refractivity contribution >= 4 is 22.5 Å². The van der Waals surface area contributed by atoms with E-state index in [1.54, 1.807) is 6.20 Å². The summed E-state index contributed by atoms with van der Waals surface area (Å²) in [5.41, 5.74) is 4.65. The second-order valence-electron chi connectivity index (χ2n) is 5.92. The Morgan fingerprint density at radius 1 is 1.00 bits per heavy atom. The first-order chi connectivity index (χ1) is 12.3. The lowest BCUT2D eigenvalue weighted by Gasteiger charge is -2.07. The first-order valence-electron chi connectivity index (χ1n) is 8.15. The van der Waals surface area contributed by atoms with E-state index in [1.807, 2.05) is 72.9 Å². The molecule has 0 saturated carbocycles. The number of amides is 1. The monoisotopic (exact) mass is 327 g/mol. The lowest BCUT2D eigenvalue weighted by molar-refractivity contribution is -0.115. The fourth-order valence-corrected chi connectivity index (χ4v) is 2.84. The van der Waals surface area contributed by atoms with Crippen LogP contribution in [0.15, 0.2) is 79.1 Å². The van der Waals surface area contributed by atoms with Crippen molar-refractivity contribution in [1.29, 1.82) is 0 Å². The van der Waals surface area contributed by atoms with Crippen molar-refractivity contribution in [3.63, 3.8) is 0 Å². The highest BCUT2D eigenvalue weighted by molar-refractivity contribution is 5.93. The van der Waals surface area contributed by atoms with Gasteiger partial charge in [-0.05, 0) is 35.2 Å². The summed E-state index contributed by atoms with van der Waals surface area (Å²) in [6.07, 6.45) is 3.91. The Morgan fingerprint density at radius 3 is 2.68 bits per heavy atom. The first-order valence-corrected chi connectivity index (χ1v) is 8.15. The van der Waals surface area contributed by atoms with Crippen molar-refractivity contribution in [2.75, 3.05) is 5.32 Å². The number of benzene rings is 2. The summed E-state index contributed by atoms with van der Waals surface area (Å²) in [6, 6.07) is 21.8. The van der Waals surface area contributed by atoms with Crippen LogP contribution in [0, 0.1) is 0 Å². The molecule has 2 aromatic heterocycles. The minimum atomic E-state index is -0.0554. The summed E-state index contributed by atoms with van der Waals surface area (Å²) in [5, 5.41) is 4.04. The maximum Gasteiger partial charge on any atom is 0.228 e. The lowest BCUT2D eigenvalue weighted by Crippen LogP contribution is -2.14. The Kier molecular flexibility index (Phi) is 4.01. The topological polar surface area (TPSA) is 57.8 Å². The van der Waals surface area contributed by atoms with Gasteiger partial charge in [-0.2, -0.15) is 0 Å². The second kappa shape index (κ2) is 6.61. The number of carbonyl (C=O) groups excluding carboxylic acids is 1. The van der Waals surface area contributed by atoms with Crippen LogP contribution in [0.2, 0.25) is 0 Å². The number of nitrogens with one attached hydrogen (secondary N) is 2. The highest BCUT2D eigenvalue weighted by atomic mass is 16.1. The first kappa shape index (κ1) is 15.1. The SMILES string of the molecule is O=C(Cc1ccc2cc[nH]c2c1)Nc1ccc(-c2ccccc2)nc1. The summed E-state index contributed by atoms with van der Waals surface area (Å²) in [5.74, 6) is -0.0554. The van der Waals surface area contributed by atoms with E-state index in [0.717, 1.165) is 27.7 Å². The largest absolute Gasteiger partial charge is 0.361 e. The molecule has 0 spiro atoms. The molecule has 0 saturated heterocycles. The van der Waals surface area contributed by atoms with Crippen molar-refractivity contribution in [3.8, 4) is 11.3 Å². The van der Waals surface area contributed by atoms with Gasteiger partial charge in [-0.25, -0.2) is 0 Å². The zero-order valence-electron chi connectivity index (χ0n) is 13.6. The molecule has 1 amide bonds. The smallest absolute Gasteiger partial charge is 0.228 e. The van der Waals surface area contributed by atoms with Crippen molar-refractivity contribution < 1.29 is 4.79 Å². The number of anilines is 1. The van der Waals surface area contributed by atoms with E-state index in [9.17, 15) is 4.79 Å². The molecule has 0 unspecified atom stereocenters. The highest BCUT2D eigenvalue weighted by Gasteiger charge is 2.06. The van der Waals surface area contributed by atoms with E-state index in [2.05, 4.69) is 15.3 Å². The molecule has 0 bridgehead atoms. The summed E-state index contributed by atoms with van der Waals surface area (Å²) in [6.45, 7) is 0. The van der Waals surface area contributed by atoms with Crippen LogP contribution < -0.4 is 5.32 Å². The molecule has 0 radical (unpaired) electrons. The van der Waals surface area contributed by atoms with Gasteiger partial charge in [-0.1, -0.05) is 42.5 Å². The maximum absolute atomic E-state index is 12.3. The molecule has 0 aliphatic heterocycles. The van der Waals surface area contributed by atoms with E-state index in [1.165, 1.54) is 0 Å². The Bertz CT molecular complexity index is 1000. The number of nitrogens with zero attached hydrogens (tertiary/aromatic N) is 1. The molecule has 0 aliphatic carbocycles. The third-order valence-corrected chi connectivity index (χ3v) is 4.10. The van der Waals surface area contributed by atoms with E-state index in [0.29, 0.717) is 12.1 Å². The molecule has 0 fully saturated rings. The van der Waals surface area contributed by atoms with Crippen LogP contribution in [-0.2, 0) is 11.2 Å². The number of pyridine rings is 1. The molecule has 4 aromatic rings. The predicted octanol–water partition coefficient (Wildman–Crippen LogP) is 4.41. The van der Waals surface area contributed by atoms with E-state index < -0.39 is 0 Å². The molecule has 2 aromatic carbocycles. The number of H-pyrrole nitrogens is 1. The molecule has 122 valence electrons. The molecule has 0 aliphatic rings. The molecule has 2 heterocycles. The number of rotatable bonds is 4. The molecule has 25 heavy (non-hydrogen) atoms. The van der Waals surface area contributed by atoms with Crippen LogP contribution >= 0.6 is 0 Å². The number of hydrogen-bond acceptors (Lipinski definition) is 2. The van der Waals surface area contributed by atoms with Crippen LogP contribution in [0.5, 0.6) is 0 Å². The number of hydrogen-bond donors (Lipinski definition) is 2. The Hall–Kier alpha value is -3.40. The Morgan fingerprint density at radius 2 is 1.88 bits per heavy atom. The molecule has 4 nitrogen and oxygen atoms in total. The number of aromatic amines is 1. The predicted molar refractivity (Wildman–Crippen MR) is 100 cm³/mol. The van der Waals surface area contributed by atoms with Gasteiger partial charge in [-0.3, -0.25) is 9.78 Å². The zero-order valence-corrected chi connectivity index (χ0v) is 13.6. The van der Waals surface area contributed by atoms with E-state index >= 15 is 0 Å². The lowest BCUT2D eigenvalue weighted by atomic mass is 10.1. The molecular formula is C21H17N3O. The fraction of sp³-hybridized carbons (Fsp3) is 0.0476. The fourth-order valence-electron chi connectivity index (χ4n) is 2.84. The zero-order chi connectivity index (χ0) is 17.1. The van der Waals surface area contributed by atoms with Gasteiger partial charge in [0.2, 0.25) is 5.91 Å². The molecule has 4 heteroatoms. The molecule has 4 rings (SSSR count). The Balaban J connectivity index is 1.43. The van der Waals surface area contributed by atoms with E-state index in [4.69, 9.17) is 0 Å². The van der Waals surface area contributed by atoms with Gasteiger partial charge in [0.1, 0.15) is 0 Å². The number of aromatic nitrogens is 2. The molecular weight excluding hydrogens is 310 g/mol. The second-order valence-corrected chi connectivity index (χ2v) is 5.92. The van der Waals surface area contributed by atoms with Gasteiger partial charge in [0.25, 0.3) is 0 Å². The van der Waals surface area contributed by atoms with Crippen LogP contribution in [0.1, 0.15) is 5.56 Å². The average Bonchev–Trinajstić information content (AvgIpc) is 3.11. The normalized spacial score (nSPS) is 10.7. The van der Waals surface area contributed by atoms with Crippen molar-refractivity contribution in [3.05, 3.63) is 84.7 Å². The summed E-state index contributed by atoms with van der Waals surface area (Å²) in [4.78, 5) is 19.8. The van der Waals surface area contributed by atoms with Crippen LogP contribution in [0.4, 0.5) is 5.69 Å². The third-order valence-electron chi connectivity index (χ3n) is 4.10. The van der Waals surface area contributed by atoms with Crippen molar-refractivity contribution in [2.45, 2.75) is 6.42 Å². The summed E-state index contributed by atoms with van der Waals surface area (Å²) >= 11 is 0. The average molecular weight is 327 g/mol. The van der Waals surface area contributed by atoms with Gasteiger partial charge in [0.05, 0.1) is 24.0 Å². The van der Waals surface area contributed by atoms with E-state index in [-0.39, 0.29) is 5.91 Å². The number of carbonyl (C=O) groups is 1. The summed E-state index contributed by atoms with van der Waals surface area (Å²) in [7, 11) is 0. The van der Waals surface area contributed by atoms with Gasteiger partial charge in [0, 0.05) is 17.3 Å². The van der Waals surface area contributed by atoms with Crippen LogP contribution in [-0.4, -0.2) is 15.9 Å². The van der Waals surface area contributed by atoms with Gasteiger partial charge < -0.3 is 10.3 Å². The van der Waals surface area contributed by atoms with Crippen molar-refractivity contribution in [1.82, 2.24) is 9.97 Å². The maximum atomic E-state index is 12.3. The molecule has 0 atom stereocenters. The minimum absolute atomic E-state index is 0.0554. The summed E-state index contributed by atoms with van der Waals surface area (Å²) < 4.78 is 0. The standard InChI is InChI=1S/C21H17N3O/c25-21(13-15-6-7-17-10-11-22-20(17)12-15)24-18-8-9-19(23-14-18)16-4-2-1-3-5-16/h1-12,14,22H,13H2,(H,24,25). The van der Waals surface area contributed by atoms with Gasteiger partial charge in [0.15, 0.2) is 0 Å².